The van der Waals surface area contributed by atoms with E-state index in [9.17, 15) is 8.42 Å². The topological polar surface area (TPSA) is 80.4 Å². The van der Waals surface area contributed by atoms with E-state index in [1.54, 1.807) is 12.1 Å². The molecule has 0 saturated heterocycles. The Balaban J connectivity index is 3.15. The minimum absolute atomic E-state index is 0.0871. The maximum Gasteiger partial charge on any atom is 0.182 e. The van der Waals surface area contributed by atoms with Crippen molar-refractivity contribution in [3.8, 4) is 0 Å². The summed E-state index contributed by atoms with van der Waals surface area (Å²) in [5, 5.41) is 8.53. The van der Waals surface area contributed by atoms with Gasteiger partial charge in [-0.1, -0.05) is 12.1 Å². The van der Waals surface area contributed by atoms with E-state index >= 15 is 0 Å². The SMILES string of the molecule is Nc1ccccc1S(=O)(=O)CCO. The van der Waals surface area contributed by atoms with Crippen LogP contribution >= 0.6 is 0 Å². The lowest BCUT2D eigenvalue weighted by molar-refractivity contribution is 0.319. The number of rotatable bonds is 3. The lowest BCUT2D eigenvalue weighted by Gasteiger charge is -2.04. The van der Waals surface area contributed by atoms with Gasteiger partial charge in [-0.05, 0) is 12.1 Å². The molecular formula is C8H11NO3S. The van der Waals surface area contributed by atoms with Crippen LogP contribution in [0.25, 0.3) is 0 Å². The van der Waals surface area contributed by atoms with Gasteiger partial charge >= 0.3 is 0 Å². The molecule has 1 aromatic carbocycles. The maximum atomic E-state index is 11.4. The lowest BCUT2D eigenvalue weighted by atomic mass is 10.3. The van der Waals surface area contributed by atoms with Crippen LogP contribution in [-0.2, 0) is 9.84 Å². The number of para-hydroxylation sites is 1. The Hall–Kier alpha value is -1.07. The molecule has 13 heavy (non-hydrogen) atoms. The summed E-state index contributed by atoms with van der Waals surface area (Å²) in [7, 11) is -3.42. The molecule has 3 N–H and O–H groups in total. The van der Waals surface area contributed by atoms with E-state index in [-0.39, 0.29) is 16.3 Å². The normalized spacial score (nSPS) is 11.5. The molecule has 1 rings (SSSR count). The number of sulfone groups is 1. The maximum absolute atomic E-state index is 11.4. The second kappa shape index (κ2) is 3.76. The first-order valence-corrected chi connectivity index (χ1v) is 5.41. The van der Waals surface area contributed by atoms with Crippen LogP contribution in [0.4, 0.5) is 5.69 Å². The van der Waals surface area contributed by atoms with Gasteiger partial charge in [0.2, 0.25) is 0 Å². The molecule has 0 saturated carbocycles. The quantitative estimate of drug-likeness (QED) is 0.676. The van der Waals surface area contributed by atoms with E-state index in [0.29, 0.717) is 0 Å². The van der Waals surface area contributed by atoms with Crippen molar-refractivity contribution < 1.29 is 13.5 Å². The third-order valence-electron chi connectivity index (χ3n) is 1.61. The van der Waals surface area contributed by atoms with Crippen LogP contribution in [-0.4, -0.2) is 25.9 Å². The molecule has 0 unspecified atom stereocenters. The fourth-order valence-electron chi connectivity index (χ4n) is 0.994. The predicted octanol–water partition coefficient (Wildman–Crippen LogP) is 0.0348. The van der Waals surface area contributed by atoms with Crippen molar-refractivity contribution in [2.24, 2.45) is 0 Å². The second-order valence-electron chi connectivity index (χ2n) is 2.58. The van der Waals surface area contributed by atoms with E-state index in [2.05, 4.69) is 0 Å². The van der Waals surface area contributed by atoms with E-state index in [1.807, 2.05) is 0 Å². The van der Waals surface area contributed by atoms with Gasteiger partial charge in [0.15, 0.2) is 9.84 Å². The number of aliphatic hydroxyl groups excluding tert-OH is 1. The standard InChI is InChI=1S/C8H11NO3S/c9-7-3-1-2-4-8(7)13(11,12)6-5-10/h1-4,10H,5-6,9H2. The Morgan fingerprint density at radius 2 is 1.92 bits per heavy atom. The summed E-state index contributed by atoms with van der Waals surface area (Å²) in [5.74, 6) is -0.290. The summed E-state index contributed by atoms with van der Waals surface area (Å²) in [6.07, 6.45) is 0. The van der Waals surface area contributed by atoms with Crippen LogP contribution in [0.5, 0.6) is 0 Å². The number of aliphatic hydroxyl groups is 1. The first kappa shape index (κ1) is 10.0. The molecule has 72 valence electrons. The molecule has 0 fully saturated rings. The van der Waals surface area contributed by atoms with Crippen molar-refractivity contribution in [2.75, 3.05) is 18.1 Å². The molecule has 0 radical (unpaired) electrons. The minimum Gasteiger partial charge on any atom is -0.398 e. The summed E-state index contributed by atoms with van der Waals surface area (Å²) in [6.45, 7) is -0.392. The minimum atomic E-state index is -3.42. The highest BCUT2D eigenvalue weighted by molar-refractivity contribution is 7.91. The molecule has 0 aliphatic heterocycles. The zero-order valence-electron chi connectivity index (χ0n) is 6.97. The highest BCUT2D eigenvalue weighted by atomic mass is 32.2. The molecule has 4 nitrogen and oxygen atoms in total. The summed E-state index contributed by atoms with van der Waals surface area (Å²) >= 11 is 0. The third kappa shape index (κ3) is 2.19. The van der Waals surface area contributed by atoms with Gasteiger partial charge in [0.05, 0.1) is 22.9 Å². The van der Waals surface area contributed by atoms with Crippen LogP contribution in [0.3, 0.4) is 0 Å². The summed E-state index contributed by atoms with van der Waals surface area (Å²) in [4.78, 5) is 0.0871. The molecule has 1 aromatic rings. The summed E-state index contributed by atoms with van der Waals surface area (Å²) < 4.78 is 22.8. The largest absolute Gasteiger partial charge is 0.398 e. The van der Waals surface area contributed by atoms with Gasteiger partial charge < -0.3 is 10.8 Å². The Labute approximate surface area is 76.9 Å². The van der Waals surface area contributed by atoms with Crippen molar-refractivity contribution >= 4 is 15.5 Å². The van der Waals surface area contributed by atoms with Crippen molar-refractivity contribution in [1.29, 1.82) is 0 Å². The zero-order valence-corrected chi connectivity index (χ0v) is 7.79. The molecule has 0 bridgehead atoms. The smallest absolute Gasteiger partial charge is 0.182 e. The van der Waals surface area contributed by atoms with Crippen molar-refractivity contribution in [2.45, 2.75) is 4.90 Å². The molecule has 0 aromatic heterocycles. The van der Waals surface area contributed by atoms with E-state index in [1.165, 1.54) is 12.1 Å². The number of nitrogen functional groups attached to an aromatic ring is 1. The van der Waals surface area contributed by atoms with E-state index < -0.39 is 16.4 Å². The number of anilines is 1. The van der Waals surface area contributed by atoms with E-state index in [0.717, 1.165) is 0 Å². The highest BCUT2D eigenvalue weighted by Gasteiger charge is 2.15. The Morgan fingerprint density at radius 1 is 1.31 bits per heavy atom. The Bertz CT molecular complexity index is 386. The van der Waals surface area contributed by atoms with Crippen molar-refractivity contribution in [3.63, 3.8) is 0 Å². The highest BCUT2D eigenvalue weighted by Crippen LogP contribution is 2.18. The Morgan fingerprint density at radius 3 is 2.46 bits per heavy atom. The molecular weight excluding hydrogens is 190 g/mol. The van der Waals surface area contributed by atoms with Crippen LogP contribution in [0, 0.1) is 0 Å². The van der Waals surface area contributed by atoms with Gasteiger partial charge in [0.1, 0.15) is 0 Å². The molecule has 0 amide bonds. The van der Waals surface area contributed by atoms with Gasteiger partial charge in [-0.3, -0.25) is 0 Å². The molecule has 0 spiro atoms. The monoisotopic (exact) mass is 201 g/mol. The van der Waals surface area contributed by atoms with E-state index in [4.69, 9.17) is 10.8 Å². The molecule has 0 aliphatic rings. The first-order chi connectivity index (χ1) is 6.08. The number of benzene rings is 1. The number of nitrogens with two attached hydrogens (primary N) is 1. The van der Waals surface area contributed by atoms with Gasteiger partial charge in [-0.25, -0.2) is 8.42 Å². The summed E-state index contributed by atoms with van der Waals surface area (Å²) in [6, 6.07) is 6.21. The molecule has 5 heteroatoms. The fraction of sp³-hybridized carbons (Fsp3) is 0.250. The molecule has 0 atom stereocenters. The summed E-state index contributed by atoms with van der Waals surface area (Å²) in [5.41, 5.74) is 5.69. The second-order valence-corrected chi connectivity index (χ2v) is 4.66. The van der Waals surface area contributed by atoms with Crippen LogP contribution in [0.2, 0.25) is 0 Å². The lowest BCUT2D eigenvalue weighted by Crippen LogP contribution is -2.11. The van der Waals surface area contributed by atoms with Crippen LogP contribution in [0.1, 0.15) is 0 Å². The van der Waals surface area contributed by atoms with Gasteiger partial charge in [0, 0.05) is 0 Å². The van der Waals surface area contributed by atoms with Crippen molar-refractivity contribution in [1.82, 2.24) is 0 Å². The number of hydrogen-bond acceptors (Lipinski definition) is 4. The Kier molecular flexibility index (Phi) is 2.90. The average molecular weight is 201 g/mol. The van der Waals surface area contributed by atoms with Gasteiger partial charge in [-0.2, -0.15) is 0 Å². The number of hydrogen-bond donors (Lipinski definition) is 2. The van der Waals surface area contributed by atoms with Crippen LogP contribution < -0.4 is 5.73 Å². The third-order valence-corrected chi connectivity index (χ3v) is 3.38. The average Bonchev–Trinajstić information content (AvgIpc) is 2.04. The predicted molar refractivity (Wildman–Crippen MR) is 50.0 cm³/mol. The van der Waals surface area contributed by atoms with Gasteiger partial charge in [-0.15, -0.1) is 0 Å². The molecule has 0 heterocycles. The van der Waals surface area contributed by atoms with Gasteiger partial charge in [0.25, 0.3) is 0 Å². The first-order valence-electron chi connectivity index (χ1n) is 3.76. The molecule has 0 aliphatic carbocycles. The fourth-order valence-corrected chi connectivity index (χ4v) is 2.17. The van der Waals surface area contributed by atoms with Crippen molar-refractivity contribution in [3.05, 3.63) is 24.3 Å². The van der Waals surface area contributed by atoms with Crippen LogP contribution in [0.15, 0.2) is 29.2 Å². The zero-order chi connectivity index (χ0) is 9.90.